The van der Waals surface area contributed by atoms with Crippen LogP contribution in [0, 0.1) is 0 Å². The maximum Gasteiger partial charge on any atom is 0.319 e. The molecule has 0 aromatic carbocycles. The minimum atomic E-state index is -1.61. The van der Waals surface area contributed by atoms with Gasteiger partial charge in [-0.25, -0.2) is 4.79 Å². The molecule has 0 aromatic rings. The number of carbonyl (C=O) groups is 1. The molecule has 7 nitrogen and oxygen atoms in total. The third kappa shape index (κ3) is 2.62. The van der Waals surface area contributed by atoms with Crippen molar-refractivity contribution in [3.8, 4) is 0 Å². The lowest BCUT2D eigenvalue weighted by Crippen LogP contribution is -2.52. The number of carbonyl (C=O) groups excluding carboxylic acids is 1. The fraction of sp³-hybridized carbons (Fsp3) is 0.800. The van der Waals surface area contributed by atoms with E-state index in [0.717, 1.165) is 0 Å². The van der Waals surface area contributed by atoms with E-state index in [-0.39, 0.29) is 0 Å². The second-order valence-corrected chi connectivity index (χ2v) is 2.07. The smallest absolute Gasteiger partial charge is 0.319 e. The average molecular weight is 180 g/mol. The Morgan fingerprint density at radius 1 is 1.25 bits per heavy atom. The Labute approximate surface area is 68.6 Å². The van der Waals surface area contributed by atoms with Gasteiger partial charge in [-0.3, -0.25) is 4.90 Å². The van der Waals surface area contributed by atoms with E-state index in [1.165, 1.54) is 0 Å². The van der Waals surface area contributed by atoms with Crippen LogP contribution in [0.25, 0.3) is 0 Å². The number of primary amides is 1. The normalized spacial score (nSPS) is 15.3. The molecule has 2 atom stereocenters. The van der Waals surface area contributed by atoms with Gasteiger partial charge in [0.1, 0.15) is 0 Å². The summed E-state index contributed by atoms with van der Waals surface area (Å²) in [7, 11) is 0. The van der Waals surface area contributed by atoms with Crippen LogP contribution in [0.4, 0.5) is 4.79 Å². The van der Waals surface area contributed by atoms with Crippen molar-refractivity contribution in [1.29, 1.82) is 0 Å². The van der Waals surface area contributed by atoms with Crippen LogP contribution in [-0.2, 0) is 0 Å². The first kappa shape index (κ1) is 11.1. The standard InChI is InChI=1S/C5H12N2O5/c6-5(12)7(3(10)1-8)4(11)2-9/h3-4,8-11H,1-2H2,(H2,6,12). The molecule has 0 fully saturated rings. The Kier molecular flexibility index (Phi) is 4.52. The van der Waals surface area contributed by atoms with Crippen molar-refractivity contribution in [2.24, 2.45) is 5.73 Å². The number of hydrogen-bond acceptors (Lipinski definition) is 5. The van der Waals surface area contributed by atoms with Crippen LogP contribution >= 0.6 is 0 Å². The Balaban J connectivity index is 4.32. The van der Waals surface area contributed by atoms with E-state index in [4.69, 9.17) is 26.2 Å². The lowest BCUT2D eigenvalue weighted by Gasteiger charge is -2.28. The predicted molar refractivity (Wildman–Crippen MR) is 37.6 cm³/mol. The summed E-state index contributed by atoms with van der Waals surface area (Å²) in [4.78, 5) is 10.9. The molecule has 12 heavy (non-hydrogen) atoms. The van der Waals surface area contributed by atoms with Gasteiger partial charge in [-0.1, -0.05) is 0 Å². The summed E-state index contributed by atoms with van der Waals surface area (Å²) in [5.41, 5.74) is 4.73. The Morgan fingerprint density at radius 2 is 1.58 bits per heavy atom. The van der Waals surface area contributed by atoms with E-state index >= 15 is 0 Å². The second-order valence-electron chi connectivity index (χ2n) is 2.07. The van der Waals surface area contributed by atoms with E-state index in [1.54, 1.807) is 0 Å². The number of amides is 2. The molecule has 0 heterocycles. The molecular weight excluding hydrogens is 168 g/mol. The third-order valence-corrected chi connectivity index (χ3v) is 1.22. The van der Waals surface area contributed by atoms with Crippen molar-refractivity contribution in [3.05, 3.63) is 0 Å². The highest BCUT2D eigenvalue weighted by molar-refractivity contribution is 5.72. The first-order valence-corrected chi connectivity index (χ1v) is 3.20. The van der Waals surface area contributed by atoms with Crippen molar-refractivity contribution in [3.63, 3.8) is 0 Å². The van der Waals surface area contributed by atoms with E-state index in [9.17, 15) is 4.79 Å². The zero-order valence-corrected chi connectivity index (χ0v) is 6.29. The number of nitrogens with two attached hydrogens (primary N) is 1. The molecule has 0 spiro atoms. The summed E-state index contributed by atoms with van der Waals surface area (Å²) in [6.07, 6.45) is -3.21. The molecule has 0 saturated carbocycles. The number of nitrogens with zero attached hydrogens (tertiary/aromatic N) is 1. The van der Waals surface area contributed by atoms with Crippen LogP contribution < -0.4 is 5.73 Å². The van der Waals surface area contributed by atoms with Crippen LogP contribution in [0.15, 0.2) is 0 Å². The number of aliphatic hydroxyl groups excluding tert-OH is 4. The van der Waals surface area contributed by atoms with Crippen LogP contribution in [0.5, 0.6) is 0 Å². The molecule has 0 aromatic heterocycles. The number of rotatable bonds is 4. The summed E-state index contributed by atoms with van der Waals surface area (Å²) in [6, 6.07) is -1.13. The van der Waals surface area contributed by atoms with Crippen LogP contribution in [-0.4, -0.2) is 57.0 Å². The highest BCUT2D eigenvalue weighted by Crippen LogP contribution is 2.00. The Hall–Kier alpha value is -0.890. The van der Waals surface area contributed by atoms with Crippen molar-refractivity contribution < 1.29 is 25.2 Å². The molecule has 2 unspecified atom stereocenters. The van der Waals surface area contributed by atoms with E-state index in [2.05, 4.69) is 0 Å². The van der Waals surface area contributed by atoms with Crippen molar-refractivity contribution in [2.75, 3.05) is 13.2 Å². The molecule has 0 aliphatic carbocycles. The molecule has 6 N–H and O–H groups in total. The third-order valence-electron chi connectivity index (χ3n) is 1.22. The fourth-order valence-electron chi connectivity index (χ4n) is 0.668. The van der Waals surface area contributed by atoms with E-state index in [1.807, 2.05) is 0 Å². The van der Waals surface area contributed by atoms with Crippen molar-refractivity contribution in [1.82, 2.24) is 4.90 Å². The molecule has 0 aliphatic heterocycles. The zero-order chi connectivity index (χ0) is 9.72. The molecular formula is C5H12N2O5. The average Bonchev–Trinajstić information content (AvgIpc) is 2.03. The lowest BCUT2D eigenvalue weighted by atomic mass is 10.4. The van der Waals surface area contributed by atoms with E-state index < -0.39 is 31.7 Å². The van der Waals surface area contributed by atoms with Gasteiger partial charge in [-0.15, -0.1) is 0 Å². The molecule has 0 rings (SSSR count). The van der Waals surface area contributed by atoms with Gasteiger partial charge in [0.05, 0.1) is 13.2 Å². The summed E-state index contributed by atoms with van der Waals surface area (Å²) >= 11 is 0. The zero-order valence-electron chi connectivity index (χ0n) is 6.29. The van der Waals surface area contributed by atoms with Gasteiger partial charge in [-0.2, -0.15) is 0 Å². The van der Waals surface area contributed by atoms with E-state index in [0.29, 0.717) is 4.90 Å². The Bertz CT molecular complexity index is 143. The maximum atomic E-state index is 10.5. The number of urea groups is 1. The first-order chi connectivity index (χ1) is 5.54. The summed E-state index contributed by atoms with van der Waals surface area (Å²) in [6.45, 7) is -1.53. The SMILES string of the molecule is NC(=O)N(C(O)CO)C(O)CO. The number of hydrogen-bond donors (Lipinski definition) is 5. The summed E-state index contributed by atoms with van der Waals surface area (Å²) in [5, 5.41) is 34.6. The first-order valence-electron chi connectivity index (χ1n) is 3.20. The van der Waals surface area contributed by atoms with Gasteiger partial charge < -0.3 is 26.2 Å². The molecule has 0 radical (unpaired) electrons. The van der Waals surface area contributed by atoms with Crippen LogP contribution in [0.1, 0.15) is 0 Å². The van der Waals surface area contributed by atoms with Crippen LogP contribution in [0.2, 0.25) is 0 Å². The monoisotopic (exact) mass is 180 g/mol. The summed E-state index contributed by atoms with van der Waals surface area (Å²) in [5.74, 6) is 0. The van der Waals surface area contributed by atoms with Gasteiger partial charge in [0.2, 0.25) is 0 Å². The quantitative estimate of drug-likeness (QED) is 0.294. The van der Waals surface area contributed by atoms with Gasteiger partial charge in [0, 0.05) is 0 Å². The minimum Gasteiger partial charge on any atom is -0.392 e. The number of aliphatic hydroxyl groups is 4. The molecule has 0 saturated heterocycles. The predicted octanol–water partition coefficient (Wildman–Crippen LogP) is -3.01. The lowest BCUT2D eigenvalue weighted by molar-refractivity contribution is -0.103. The molecule has 7 heteroatoms. The largest absolute Gasteiger partial charge is 0.392 e. The van der Waals surface area contributed by atoms with Gasteiger partial charge >= 0.3 is 6.03 Å². The van der Waals surface area contributed by atoms with Crippen LogP contribution in [0.3, 0.4) is 0 Å². The summed E-state index contributed by atoms with van der Waals surface area (Å²) < 4.78 is 0. The molecule has 2 amide bonds. The van der Waals surface area contributed by atoms with Crippen molar-refractivity contribution in [2.45, 2.75) is 12.5 Å². The molecule has 0 bridgehead atoms. The van der Waals surface area contributed by atoms with Crippen molar-refractivity contribution >= 4 is 6.03 Å². The topological polar surface area (TPSA) is 127 Å². The highest BCUT2D eigenvalue weighted by Gasteiger charge is 2.25. The molecule has 72 valence electrons. The van der Waals surface area contributed by atoms with Gasteiger partial charge in [0.25, 0.3) is 0 Å². The van der Waals surface area contributed by atoms with Gasteiger partial charge in [-0.05, 0) is 0 Å². The minimum absolute atomic E-state index is 0.361. The second kappa shape index (κ2) is 4.88. The molecule has 0 aliphatic rings. The fourth-order valence-corrected chi connectivity index (χ4v) is 0.668. The van der Waals surface area contributed by atoms with Gasteiger partial charge in [0.15, 0.2) is 12.5 Å². The Morgan fingerprint density at radius 3 is 1.75 bits per heavy atom. The maximum absolute atomic E-state index is 10.5. The highest BCUT2D eigenvalue weighted by atomic mass is 16.4.